The monoisotopic (exact) mass is 236 g/mol. The van der Waals surface area contributed by atoms with Crippen LogP contribution in [0.15, 0.2) is 5.38 Å². The molecule has 4 heteroatoms. The van der Waals surface area contributed by atoms with Crippen molar-refractivity contribution in [1.29, 1.82) is 5.26 Å². The van der Waals surface area contributed by atoms with Gasteiger partial charge in [0.25, 0.3) is 0 Å². The van der Waals surface area contributed by atoms with Gasteiger partial charge >= 0.3 is 0 Å². The van der Waals surface area contributed by atoms with Crippen LogP contribution in [0.2, 0.25) is 0 Å². The van der Waals surface area contributed by atoms with Crippen LogP contribution in [0.4, 0.5) is 0 Å². The van der Waals surface area contributed by atoms with Gasteiger partial charge in [0.15, 0.2) is 0 Å². The molecule has 0 saturated carbocycles. The second kappa shape index (κ2) is 4.52. The van der Waals surface area contributed by atoms with Crippen LogP contribution in [0.1, 0.15) is 43.3 Å². The molecule has 0 N–H and O–H groups in total. The molecule has 0 bridgehead atoms. The fraction of sp³-hybridized carbons (Fsp3) is 0.667. The van der Waals surface area contributed by atoms with Crippen LogP contribution in [0.5, 0.6) is 0 Å². The van der Waals surface area contributed by atoms with E-state index in [1.54, 1.807) is 11.3 Å². The van der Waals surface area contributed by atoms with Gasteiger partial charge in [-0.25, -0.2) is 4.98 Å². The molecule has 3 nitrogen and oxygen atoms in total. The van der Waals surface area contributed by atoms with E-state index in [2.05, 4.69) is 11.1 Å². The Hall–Kier alpha value is -0.920. The Morgan fingerprint density at radius 2 is 2.19 bits per heavy atom. The van der Waals surface area contributed by atoms with Gasteiger partial charge in [0.1, 0.15) is 0 Å². The first kappa shape index (κ1) is 11.6. The summed E-state index contributed by atoms with van der Waals surface area (Å²) in [6, 6.07) is 2.29. The molecule has 1 fully saturated rings. The van der Waals surface area contributed by atoms with E-state index in [-0.39, 0.29) is 0 Å². The molecule has 1 aliphatic heterocycles. The molecule has 2 heterocycles. The average molecular weight is 236 g/mol. The second-order valence-electron chi connectivity index (χ2n) is 4.69. The van der Waals surface area contributed by atoms with Crippen LogP contribution in [0.25, 0.3) is 0 Å². The largest absolute Gasteiger partial charge is 0.381 e. The third-order valence-electron chi connectivity index (χ3n) is 3.01. The van der Waals surface area contributed by atoms with Gasteiger partial charge in [0.05, 0.1) is 22.2 Å². The van der Waals surface area contributed by atoms with Gasteiger partial charge in [-0.15, -0.1) is 11.3 Å². The number of nitriles is 1. The summed E-state index contributed by atoms with van der Waals surface area (Å²) in [5.74, 6) is 0.530. The zero-order chi connectivity index (χ0) is 11.6. The summed E-state index contributed by atoms with van der Waals surface area (Å²) in [4.78, 5) is 4.62. The van der Waals surface area contributed by atoms with E-state index >= 15 is 0 Å². The van der Waals surface area contributed by atoms with Crippen molar-refractivity contribution in [3.05, 3.63) is 16.1 Å². The first-order chi connectivity index (χ1) is 7.63. The van der Waals surface area contributed by atoms with Crippen LogP contribution in [-0.2, 0) is 10.2 Å². The highest BCUT2D eigenvalue weighted by molar-refractivity contribution is 7.09. The van der Waals surface area contributed by atoms with E-state index in [0.29, 0.717) is 5.92 Å². The molecule has 2 rings (SSSR count). The van der Waals surface area contributed by atoms with Crippen LogP contribution in [0.3, 0.4) is 0 Å². The molecule has 1 saturated heterocycles. The summed E-state index contributed by atoms with van der Waals surface area (Å²) in [5, 5.41) is 12.3. The Morgan fingerprint density at radius 3 is 2.81 bits per heavy atom. The molecule has 16 heavy (non-hydrogen) atoms. The second-order valence-corrected chi connectivity index (χ2v) is 5.58. The van der Waals surface area contributed by atoms with E-state index in [4.69, 9.17) is 10.00 Å². The maximum absolute atomic E-state index is 9.06. The Balaban J connectivity index is 2.16. The van der Waals surface area contributed by atoms with Crippen molar-refractivity contribution < 1.29 is 4.74 Å². The van der Waals surface area contributed by atoms with E-state index in [0.717, 1.165) is 31.7 Å². The standard InChI is InChI=1S/C12H16N2OS/c1-12(2,8-13)10-7-16-11(14-10)9-3-5-15-6-4-9/h7,9H,3-6H2,1-2H3. The van der Waals surface area contributed by atoms with Crippen molar-refractivity contribution in [3.8, 4) is 6.07 Å². The van der Waals surface area contributed by atoms with E-state index < -0.39 is 5.41 Å². The molecule has 0 radical (unpaired) electrons. The molecule has 1 aliphatic rings. The van der Waals surface area contributed by atoms with Crippen LogP contribution < -0.4 is 0 Å². The van der Waals surface area contributed by atoms with Crippen molar-refractivity contribution >= 4 is 11.3 Å². The van der Waals surface area contributed by atoms with Crippen molar-refractivity contribution in [2.24, 2.45) is 0 Å². The molecule has 0 atom stereocenters. The number of rotatable bonds is 2. The van der Waals surface area contributed by atoms with Gasteiger partial charge in [-0.05, 0) is 26.7 Å². The molecule has 0 aromatic carbocycles. The lowest BCUT2D eigenvalue weighted by Crippen LogP contribution is -2.16. The van der Waals surface area contributed by atoms with Crippen LogP contribution >= 0.6 is 11.3 Å². The SMILES string of the molecule is CC(C)(C#N)c1csc(C2CCOCC2)n1. The molecule has 0 unspecified atom stereocenters. The first-order valence-electron chi connectivity index (χ1n) is 5.58. The summed E-state index contributed by atoms with van der Waals surface area (Å²) < 4.78 is 5.34. The highest BCUT2D eigenvalue weighted by Gasteiger charge is 2.26. The molecule has 86 valence electrons. The van der Waals surface area contributed by atoms with E-state index in [9.17, 15) is 0 Å². The van der Waals surface area contributed by atoms with Gasteiger partial charge in [-0.2, -0.15) is 5.26 Å². The maximum Gasteiger partial charge on any atom is 0.0961 e. The Morgan fingerprint density at radius 1 is 1.50 bits per heavy atom. The summed E-state index contributed by atoms with van der Waals surface area (Å²) in [6.07, 6.45) is 2.11. The lowest BCUT2D eigenvalue weighted by atomic mass is 9.92. The number of hydrogen-bond acceptors (Lipinski definition) is 4. The van der Waals surface area contributed by atoms with E-state index in [1.165, 1.54) is 5.01 Å². The molecule has 0 aliphatic carbocycles. The molecular weight excluding hydrogens is 220 g/mol. The van der Waals surface area contributed by atoms with Crippen LogP contribution in [0, 0.1) is 11.3 Å². The quantitative estimate of drug-likeness (QED) is 0.793. The summed E-state index contributed by atoms with van der Waals surface area (Å²) in [5.41, 5.74) is 0.432. The smallest absolute Gasteiger partial charge is 0.0961 e. The van der Waals surface area contributed by atoms with Gasteiger partial charge < -0.3 is 4.74 Å². The zero-order valence-corrected chi connectivity index (χ0v) is 10.5. The number of hydrogen-bond donors (Lipinski definition) is 0. The Bertz CT molecular complexity index is 399. The minimum absolute atomic E-state index is 0.472. The number of thiazole rings is 1. The van der Waals surface area contributed by atoms with Gasteiger partial charge in [0, 0.05) is 24.5 Å². The first-order valence-corrected chi connectivity index (χ1v) is 6.46. The predicted octanol–water partition coefficient (Wildman–Crippen LogP) is 2.84. The lowest BCUT2D eigenvalue weighted by Gasteiger charge is -2.20. The highest BCUT2D eigenvalue weighted by atomic mass is 32.1. The van der Waals surface area contributed by atoms with E-state index in [1.807, 2.05) is 19.2 Å². The number of aromatic nitrogens is 1. The topological polar surface area (TPSA) is 45.9 Å². The molecule has 1 aromatic rings. The molecule has 0 spiro atoms. The third kappa shape index (κ3) is 2.26. The minimum Gasteiger partial charge on any atom is -0.381 e. The fourth-order valence-electron chi connectivity index (χ4n) is 1.76. The van der Waals surface area contributed by atoms with Crippen molar-refractivity contribution in [2.45, 2.75) is 38.0 Å². The highest BCUT2D eigenvalue weighted by Crippen LogP contribution is 2.32. The fourth-order valence-corrected chi connectivity index (χ4v) is 2.92. The van der Waals surface area contributed by atoms with Crippen LogP contribution in [-0.4, -0.2) is 18.2 Å². The van der Waals surface area contributed by atoms with Gasteiger partial charge in [0.2, 0.25) is 0 Å². The molecule has 0 amide bonds. The molecular formula is C12H16N2OS. The predicted molar refractivity (Wildman–Crippen MR) is 63.5 cm³/mol. The number of nitrogens with zero attached hydrogens (tertiary/aromatic N) is 2. The normalized spacial score (nSPS) is 18.3. The average Bonchev–Trinajstić information content (AvgIpc) is 2.80. The summed E-state index contributed by atoms with van der Waals surface area (Å²) in [7, 11) is 0. The lowest BCUT2D eigenvalue weighted by molar-refractivity contribution is 0.0852. The third-order valence-corrected chi connectivity index (χ3v) is 4.02. The Labute approximate surface area is 100 Å². The zero-order valence-electron chi connectivity index (χ0n) is 9.69. The summed E-state index contributed by atoms with van der Waals surface area (Å²) in [6.45, 7) is 5.49. The maximum atomic E-state index is 9.06. The summed E-state index contributed by atoms with van der Waals surface area (Å²) >= 11 is 1.68. The van der Waals surface area contributed by atoms with Crippen molar-refractivity contribution in [3.63, 3.8) is 0 Å². The Kier molecular flexibility index (Phi) is 3.27. The van der Waals surface area contributed by atoms with Gasteiger partial charge in [-0.3, -0.25) is 0 Å². The molecule has 1 aromatic heterocycles. The minimum atomic E-state index is -0.472. The number of ether oxygens (including phenoxy) is 1. The van der Waals surface area contributed by atoms with Crippen molar-refractivity contribution in [1.82, 2.24) is 4.98 Å². The van der Waals surface area contributed by atoms with Gasteiger partial charge in [-0.1, -0.05) is 0 Å². The van der Waals surface area contributed by atoms with Crippen molar-refractivity contribution in [2.75, 3.05) is 13.2 Å².